The first-order valence-electron chi connectivity index (χ1n) is 7.69. The maximum Gasteiger partial charge on any atom is 0.262 e. The molecule has 0 aliphatic carbocycles. The van der Waals surface area contributed by atoms with E-state index < -0.39 is 0 Å². The molecule has 1 aromatic carbocycles. The molecule has 7 heteroatoms. The van der Waals surface area contributed by atoms with Gasteiger partial charge < -0.3 is 5.32 Å². The van der Waals surface area contributed by atoms with Gasteiger partial charge in [-0.1, -0.05) is 36.4 Å². The molecule has 0 aliphatic rings. The first-order valence-corrected chi connectivity index (χ1v) is 9.05. The fraction of sp³-hybridized carbons (Fsp3) is 0.353. The summed E-state index contributed by atoms with van der Waals surface area (Å²) in [6.45, 7) is 7.97. The maximum absolute atomic E-state index is 12.6. The zero-order chi connectivity index (χ0) is 17.7. The lowest BCUT2D eigenvalue weighted by molar-refractivity contribution is -0.119. The van der Waals surface area contributed by atoms with Gasteiger partial charge in [-0.3, -0.25) is 14.2 Å². The SMILES string of the molecule is C=CCn1c(SCC(=O)N[C@@H](C)CC)nc2cc(Cl)ccc2c1=O. The molecule has 0 spiro atoms. The smallest absolute Gasteiger partial charge is 0.262 e. The van der Waals surface area contributed by atoms with Gasteiger partial charge in [0.1, 0.15) is 0 Å². The summed E-state index contributed by atoms with van der Waals surface area (Å²) in [7, 11) is 0. The first-order chi connectivity index (χ1) is 11.5. The Morgan fingerprint density at radius 3 is 2.96 bits per heavy atom. The Balaban J connectivity index is 2.33. The number of halogens is 1. The number of allylic oxidation sites excluding steroid dienone is 1. The van der Waals surface area contributed by atoms with Crippen LogP contribution in [0.25, 0.3) is 10.9 Å². The van der Waals surface area contributed by atoms with Gasteiger partial charge in [0.15, 0.2) is 5.16 Å². The van der Waals surface area contributed by atoms with Crippen LogP contribution in [0.15, 0.2) is 40.8 Å². The minimum absolute atomic E-state index is 0.0834. The quantitative estimate of drug-likeness (QED) is 0.464. The van der Waals surface area contributed by atoms with Crippen LogP contribution in [0.1, 0.15) is 20.3 Å². The van der Waals surface area contributed by atoms with E-state index in [2.05, 4.69) is 16.9 Å². The number of thioether (sulfide) groups is 1. The monoisotopic (exact) mass is 365 g/mol. The summed E-state index contributed by atoms with van der Waals surface area (Å²) >= 11 is 7.22. The highest BCUT2D eigenvalue weighted by molar-refractivity contribution is 7.99. The van der Waals surface area contributed by atoms with E-state index in [9.17, 15) is 9.59 Å². The Morgan fingerprint density at radius 1 is 1.54 bits per heavy atom. The highest BCUT2D eigenvalue weighted by Gasteiger charge is 2.13. The molecule has 5 nitrogen and oxygen atoms in total. The van der Waals surface area contributed by atoms with E-state index in [-0.39, 0.29) is 23.3 Å². The van der Waals surface area contributed by atoms with Crippen molar-refractivity contribution in [1.82, 2.24) is 14.9 Å². The predicted molar refractivity (Wildman–Crippen MR) is 99.8 cm³/mol. The number of rotatable bonds is 7. The molecule has 24 heavy (non-hydrogen) atoms. The lowest BCUT2D eigenvalue weighted by atomic mass is 10.2. The zero-order valence-electron chi connectivity index (χ0n) is 13.7. The van der Waals surface area contributed by atoms with Crippen LogP contribution >= 0.6 is 23.4 Å². The Labute approximate surface area is 150 Å². The van der Waals surface area contributed by atoms with Gasteiger partial charge in [-0.05, 0) is 31.5 Å². The summed E-state index contributed by atoms with van der Waals surface area (Å²) in [5.41, 5.74) is 0.360. The molecule has 0 aliphatic heterocycles. The molecular formula is C17H20ClN3O2S. The molecule has 0 bridgehead atoms. The molecule has 0 saturated heterocycles. The van der Waals surface area contributed by atoms with Gasteiger partial charge in [-0.25, -0.2) is 4.98 Å². The second kappa shape index (κ2) is 8.35. The highest BCUT2D eigenvalue weighted by Crippen LogP contribution is 2.20. The molecule has 1 atom stereocenters. The molecule has 0 unspecified atom stereocenters. The second-order valence-electron chi connectivity index (χ2n) is 5.43. The fourth-order valence-electron chi connectivity index (χ4n) is 2.12. The van der Waals surface area contributed by atoms with Gasteiger partial charge in [-0.2, -0.15) is 0 Å². The van der Waals surface area contributed by atoms with E-state index in [0.29, 0.717) is 27.6 Å². The predicted octanol–water partition coefficient (Wildman–Crippen LogP) is 3.24. The summed E-state index contributed by atoms with van der Waals surface area (Å²) in [4.78, 5) is 29.1. The summed E-state index contributed by atoms with van der Waals surface area (Å²) in [6, 6.07) is 5.10. The van der Waals surface area contributed by atoms with Crippen LogP contribution < -0.4 is 10.9 Å². The van der Waals surface area contributed by atoms with Crippen molar-refractivity contribution in [2.24, 2.45) is 0 Å². The summed E-state index contributed by atoms with van der Waals surface area (Å²) in [5.74, 6) is 0.111. The minimum Gasteiger partial charge on any atom is -0.353 e. The maximum atomic E-state index is 12.6. The van der Waals surface area contributed by atoms with Crippen molar-refractivity contribution in [2.45, 2.75) is 38.0 Å². The lowest BCUT2D eigenvalue weighted by Crippen LogP contribution is -2.33. The van der Waals surface area contributed by atoms with Crippen LogP contribution in [0.3, 0.4) is 0 Å². The number of nitrogens with one attached hydrogen (secondary N) is 1. The molecule has 128 valence electrons. The minimum atomic E-state index is -0.165. The molecule has 1 amide bonds. The van der Waals surface area contributed by atoms with Crippen molar-refractivity contribution in [2.75, 3.05) is 5.75 Å². The fourth-order valence-corrected chi connectivity index (χ4v) is 3.11. The van der Waals surface area contributed by atoms with Crippen molar-refractivity contribution in [3.63, 3.8) is 0 Å². The average molecular weight is 366 g/mol. The molecule has 1 aromatic heterocycles. The zero-order valence-corrected chi connectivity index (χ0v) is 15.3. The van der Waals surface area contributed by atoms with Crippen molar-refractivity contribution in [1.29, 1.82) is 0 Å². The Morgan fingerprint density at radius 2 is 2.29 bits per heavy atom. The van der Waals surface area contributed by atoms with Gasteiger partial charge in [0.05, 0.1) is 16.7 Å². The summed E-state index contributed by atoms with van der Waals surface area (Å²) in [6.07, 6.45) is 2.50. The number of amides is 1. The van der Waals surface area contributed by atoms with Crippen LogP contribution in [-0.4, -0.2) is 27.3 Å². The van der Waals surface area contributed by atoms with E-state index in [1.54, 1.807) is 24.3 Å². The van der Waals surface area contributed by atoms with Gasteiger partial charge in [0.2, 0.25) is 5.91 Å². The topological polar surface area (TPSA) is 64.0 Å². The normalized spacial score (nSPS) is 12.1. The molecule has 0 saturated carbocycles. The van der Waals surface area contributed by atoms with Gasteiger partial charge in [0, 0.05) is 17.6 Å². The Hall–Kier alpha value is -1.79. The average Bonchev–Trinajstić information content (AvgIpc) is 2.55. The summed E-state index contributed by atoms with van der Waals surface area (Å²) < 4.78 is 1.52. The molecule has 2 aromatic rings. The standard InChI is InChI=1S/C17H20ClN3O2S/c1-4-8-21-16(23)13-7-6-12(18)9-14(13)20-17(21)24-10-15(22)19-11(3)5-2/h4,6-7,9,11H,1,5,8,10H2,2-3H3,(H,19,22)/t11-/m0/s1. The number of carbonyl (C=O) groups is 1. The Bertz CT molecular complexity index is 819. The number of hydrogen-bond acceptors (Lipinski definition) is 4. The molecule has 0 radical (unpaired) electrons. The van der Waals surface area contributed by atoms with Gasteiger partial charge in [0.25, 0.3) is 5.56 Å². The highest BCUT2D eigenvalue weighted by atomic mass is 35.5. The third-order valence-electron chi connectivity index (χ3n) is 3.55. The first kappa shape index (κ1) is 18.5. The number of nitrogens with zero attached hydrogens (tertiary/aromatic N) is 2. The van der Waals surface area contributed by atoms with Crippen LogP contribution in [0.2, 0.25) is 5.02 Å². The van der Waals surface area contributed by atoms with Crippen molar-refractivity contribution in [3.8, 4) is 0 Å². The molecule has 2 rings (SSSR count). The van der Waals surface area contributed by atoms with Gasteiger partial charge >= 0.3 is 0 Å². The van der Waals surface area contributed by atoms with E-state index in [1.807, 2.05) is 13.8 Å². The number of aromatic nitrogens is 2. The van der Waals surface area contributed by atoms with E-state index in [0.717, 1.165) is 6.42 Å². The van der Waals surface area contributed by atoms with E-state index >= 15 is 0 Å². The van der Waals surface area contributed by atoms with E-state index in [1.165, 1.54) is 16.3 Å². The molecule has 1 N–H and O–H groups in total. The number of carbonyl (C=O) groups excluding carboxylic acids is 1. The van der Waals surface area contributed by atoms with Gasteiger partial charge in [-0.15, -0.1) is 6.58 Å². The largest absolute Gasteiger partial charge is 0.353 e. The van der Waals surface area contributed by atoms with Crippen LogP contribution in [-0.2, 0) is 11.3 Å². The van der Waals surface area contributed by atoms with Crippen molar-refractivity contribution >= 4 is 40.2 Å². The Kier molecular flexibility index (Phi) is 6.45. The lowest BCUT2D eigenvalue weighted by Gasteiger charge is -2.13. The molecule has 0 fully saturated rings. The molecular weight excluding hydrogens is 346 g/mol. The van der Waals surface area contributed by atoms with Crippen LogP contribution in [0, 0.1) is 0 Å². The van der Waals surface area contributed by atoms with Crippen molar-refractivity contribution in [3.05, 3.63) is 46.2 Å². The van der Waals surface area contributed by atoms with Crippen LogP contribution in [0.4, 0.5) is 0 Å². The number of hydrogen-bond donors (Lipinski definition) is 1. The number of benzene rings is 1. The van der Waals surface area contributed by atoms with Crippen LogP contribution in [0.5, 0.6) is 0 Å². The number of fused-ring (bicyclic) bond motifs is 1. The van der Waals surface area contributed by atoms with Crippen molar-refractivity contribution < 1.29 is 4.79 Å². The second-order valence-corrected chi connectivity index (χ2v) is 6.80. The van der Waals surface area contributed by atoms with E-state index in [4.69, 9.17) is 11.6 Å². The molecule has 1 heterocycles. The summed E-state index contributed by atoms with van der Waals surface area (Å²) in [5, 5.41) is 4.39. The third kappa shape index (κ3) is 4.39. The third-order valence-corrected chi connectivity index (χ3v) is 4.76.